The van der Waals surface area contributed by atoms with Gasteiger partial charge in [-0.2, -0.15) is 5.10 Å². The van der Waals surface area contributed by atoms with Crippen LogP contribution in [0.2, 0.25) is 0 Å². The van der Waals surface area contributed by atoms with E-state index in [0.29, 0.717) is 5.82 Å². The molecule has 4 aromatic heterocycles. The number of nitrogens with zero attached hydrogens (tertiary/aromatic N) is 5. The number of methoxy groups -OCH3 is 1. The fraction of sp³-hybridized carbons (Fsp3) is 0.360. The zero-order chi connectivity index (χ0) is 23.6. The number of anilines is 2. The summed E-state index contributed by atoms with van der Waals surface area (Å²) in [7, 11) is 1.68. The van der Waals surface area contributed by atoms with Gasteiger partial charge >= 0.3 is 0 Å². The highest BCUT2D eigenvalue weighted by molar-refractivity contribution is 6.13. The number of benzene rings is 1. The molecule has 174 valence electrons. The average Bonchev–Trinajstić information content (AvgIpc) is 3.56. The number of fused-ring (bicyclic) bond motifs is 4. The van der Waals surface area contributed by atoms with Gasteiger partial charge < -0.3 is 19.6 Å². The van der Waals surface area contributed by atoms with Gasteiger partial charge in [0, 0.05) is 28.6 Å². The van der Waals surface area contributed by atoms with E-state index >= 15 is 0 Å². The molecule has 1 aliphatic rings. The molecule has 5 aromatic rings. The predicted molar refractivity (Wildman–Crippen MR) is 131 cm³/mol. The third-order valence-electron chi connectivity index (χ3n) is 6.70. The lowest BCUT2D eigenvalue weighted by Crippen LogP contribution is -2.07. The Morgan fingerprint density at radius 1 is 1.18 bits per heavy atom. The summed E-state index contributed by atoms with van der Waals surface area (Å²) in [5.74, 6) is 3.99. The molecule has 0 saturated carbocycles. The van der Waals surface area contributed by atoms with Crippen molar-refractivity contribution in [3.05, 3.63) is 40.7 Å². The van der Waals surface area contributed by atoms with Gasteiger partial charge in [0.25, 0.3) is 0 Å². The van der Waals surface area contributed by atoms with Gasteiger partial charge in [0.1, 0.15) is 34.6 Å². The highest BCUT2D eigenvalue weighted by atomic mass is 16.5. The Balaban J connectivity index is 1.58. The maximum atomic E-state index is 5.81. The van der Waals surface area contributed by atoms with Crippen LogP contribution < -0.4 is 10.1 Å². The SMILES string of the molecule is CCn1nc2c(c1Nc1nc(C)nc3[nH]c4cc(-c5c(C)noc5C)c(OC)cc4c13)CCC2. The molecule has 4 heterocycles. The molecule has 0 saturated heterocycles. The van der Waals surface area contributed by atoms with E-state index in [1.165, 1.54) is 11.3 Å². The molecule has 0 bridgehead atoms. The molecule has 0 spiro atoms. The Bertz CT molecular complexity index is 1550. The molecule has 34 heavy (non-hydrogen) atoms. The van der Waals surface area contributed by atoms with Crippen molar-refractivity contribution < 1.29 is 9.26 Å². The van der Waals surface area contributed by atoms with Gasteiger partial charge in [-0.1, -0.05) is 5.16 Å². The maximum Gasteiger partial charge on any atom is 0.145 e. The number of aromatic amines is 1. The van der Waals surface area contributed by atoms with Crippen molar-refractivity contribution in [2.75, 3.05) is 12.4 Å². The van der Waals surface area contributed by atoms with Gasteiger partial charge in [-0.05, 0) is 59.1 Å². The summed E-state index contributed by atoms with van der Waals surface area (Å²) in [6, 6.07) is 4.12. The minimum atomic E-state index is 0.693. The van der Waals surface area contributed by atoms with Crippen LogP contribution in [0, 0.1) is 20.8 Å². The van der Waals surface area contributed by atoms with Crippen molar-refractivity contribution >= 4 is 33.6 Å². The fourth-order valence-electron chi connectivity index (χ4n) is 5.18. The second-order valence-electron chi connectivity index (χ2n) is 8.83. The van der Waals surface area contributed by atoms with Crippen LogP contribution in [0.5, 0.6) is 5.75 Å². The topological polar surface area (TPSA) is 107 Å². The quantitative estimate of drug-likeness (QED) is 0.376. The molecule has 6 rings (SSSR count). The van der Waals surface area contributed by atoms with Crippen molar-refractivity contribution in [3.63, 3.8) is 0 Å². The lowest BCUT2D eigenvalue weighted by atomic mass is 10.0. The first-order chi connectivity index (χ1) is 16.5. The highest BCUT2D eigenvalue weighted by Gasteiger charge is 2.24. The molecule has 9 nitrogen and oxygen atoms in total. The van der Waals surface area contributed by atoms with Crippen molar-refractivity contribution in [3.8, 4) is 16.9 Å². The fourth-order valence-corrected chi connectivity index (χ4v) is 5.18. The molecule has 1 aromatic carbocycles. The number of aromatic nitrogens is 6. The molecule has 2 N–H and O–H groups in total. The Morgan fingerprint density at radius 2 is 2.03 bits per heavy atom. The normalized spacial score (nSPS) is 13.2. The van der Waals surface area contributed by atoms with Crippen molar-refractivity contribution in [2.24, 2.45) is 0 Å². The van der Waals surface area contributed by atoms with E-state index in [2.05, 4.69) is 28.4 Å². The number of hydrogen-bond donors (Lipinski definition) is 2. The summed E-state index contributed by atoms with van der Waals surface area (Å²) >= 11 is 0. The minimum Gasteiger partial charge on any atom is -0.496 e. The molecule has 1 aliphatic carbocycles. The number of ether oxygens (including phenoxy) is 1. The zero-order valence-electron chi connectivity index (χ0n) is 20.0. The predicted octanol–water partition coefficient (Wildman–Crippen LogP) is 5.15. The average molecular weight is 458 g/mol. The lowest BCUT2D eigenvalue weighted by Gasteiger charge is -2.12. The summed E-state index contributed by atoms with van der Waals surface area (Å²) < 4.78 is 13.3. The molecule has 0 atom stereocenters. The largest absolute Gasteiger partial charge is 0.496 e. The molecule has 0 amide bonds. The lowest BCUT2D eigenvalue weighted by molar-refractivity contribution is 0.393. The van der Waals surface area contributed by atoms with Crippen LogP contribution in [0.3, 0.4) is 0 Å². The third kappa shape index (κ3) is 2.99. The van der Waals surface area contributed by atoms with E-state index in [0.717, 1.165) is 87.7 Å². The van der Waals surface area contributed by atoms with Crippen LogP contribution in [0.25, 0.3) is 33.1 Å². The zero-order valence-corrected chi connectivity index (χ0v) is 20.0. The monoisotopic (exact) mass is 457 g/mol. The van der Waals surface area contributed by atoms with Crippen LogP contribution in [0.15, 0.2) is 16.7 Å². The molecule has 0 unspecified atom stereocenters. The van der Waals surface area contributed by atoms with E-state index in [9.17, 15) is 0 Å². The Kier molecular flexibility index (Phi) is 4.62. The second kappa shape index (κ2) is 7.58. The van der Waals surface area contributed by atoms with Crippen molar-refractivity contribution in [1.29, 1.82) is 0 Å². The summed E-state index contributed by atoms with van der Waals surface area (Å²) in [5.41, 5.74) is 6.91. The van der Waals surface area contributed by atoms with E-state index in [1.807, 2.05) is 31.5 Å². The standard InChI is InChI=1S/C25H27N7O2/c1-6-32-25(15-8-7-9-18(15)30-32)29-24-22-16-11-20(33-5)17(21-12(2)31-34-13(21)3)10-19(16)28-23(22)26-14(4)27-24/h10-11H,6-9H2,1-5H3,(H2,26,27,28,29). The number of rotatable bonds is 5. The van der Waals surface area contributed by atoms with Crippen molar-refractivity contribution in [1.82, 2.24) is 29.9 Å². The Hall–Kier alpha value is -3.88. The first-order valence-corrected chi connectivity index (χ1v) is 11.6. The number of H-pyrrole nitrogens is 1. The van der Waals surface area contributed by atoms with Crippen LogP contribution in [-0.2, 0) is 19.4 Å². The third-order valence-corrected chi connectivity index (χ3v) is 6.70. The Morgan fingerprint density at radius 3 is 2.76 bits per heavy atom. The van der Waals surface area contributed by atoms with E-state index < -0.39 is 0 Å². The summed E-state index contributed by atoms with van der Waals surface area (Å²) in [6.45, 7) is 8.67. The molecule has 0 radical (unpaired) electrons. The first-order valence-electron chi connectivity index (χ1n) is 11.6. The van der Waals surface area contributed by atoms with Crippen molar-refractivity contribution in [2.45, 2.75) is 53.5 Å². The molecular weight excluding hydrogens is 430 g/mol. The maximum absolute atomic E-state index is 5.81. The number of aryl methyl sites for hydroxylation is 5. The highest BCUT2D eigenvalue weighted by Crippen LogP contribution is 2.41. The van der Waals surface area contributed by atoms with Crippen LogP contribution in [-0.4, -0.2) is 37.0 Å². The van der Waals surface area contributed by atoms with E-state index in [4.69, 9.17) is 24.3 Å². The van der Waals surface area contributed by atoms with Crippen LogP contribution >= 0.6 is 0 Å². The Labute approximate surface area is 196 Å². The van der Waals surface area contributed by atoms with Crippen LogP contribution in [0.1, 0.15) is 41.9 Å². The summed E-state index contributed by atoms with van der Waals surface area (Å²) in [4.78, 5) is 13.0. The second-order valence-corrected chi connectivity index (χ2v) is 8.83. The molecule has 0 aliphatic heterocycles. The first kappa shape index (κ1) is 20.7. The van der Waals surface area contributed by atoms with Gasteiger partial charge in [0.2, 0.25) is 0 Å². The van der Waals surface area contributed by atoms with Gasteiger partial charge in [-0.25, -0.2) is 14.6 Å². The van der Waals surface area contributed by atoms with Gasteiger partial charge in [0.15, 0.2) is 0 Å². The van der Waals surface area contributed by atoms with Gasteiger partial charge in [0.05, 0.1) is 29.4 Å². The number of nitrogens with one attached hydrogen (secondary N) is 2. The minimum absolute atomic E-state index is 0.693. The molecule has 9 heteroatoms. The summed E-state index contributed by atoms with van der Waals surface area (Å²) in [5, 5.41) is 14.5. The smallest absolute Gasteiger partial charge is 0.145 e. The molecular formula is C25H27N7O2. The van der Waals surface area contributed by atoms with Gasteiger partial charge in [-0.3, -0.25) is 0 Å². The van der Waals surface area contributed by atoms with Gasteiger partial charge in [-0.15, -0.1) is 0 Å². The van der Waals surface area contributed by atoms with E-state index in [1.54, 1.807) is 7.11 Å². The van der Waals surface area contributed by atoms with E-state index in [-0.39, 0.29) is 0 Å². The van der Waals surface area contributed by atoms with Crippen LogP contribution in [0.4, 0.5) is 11.6 Å². The molecule has 0 fully saturated rings. The number of hydrogen-bond acceptors (Lipinski definition) is 7. The summed E-state index contributed by atoms with van der Waals surface area (Å²) in [6.07, 6.45) is 3.21.